The molecule has 0 radical (unpaired) electrons. The number of amides is 2. The van der Waals surface area contributed by atoms with E-state index >= 15 is 0 Å². The fourth-order valence-electron chi connectivity index (χ4n) is 3.20. The Kier molecular flexibility index (Phi) is 5.21. The number of carbonyl (C=O) groups is 2. The van der Waals surface area contributed by atoms with Gasteiger partial charge in [-0.2, -0.15) is 0 Å². The second-order valence-electron chi connectivity index (χ2n) is 7.02. The largest absolute Gasteiger partial charge is 0.349 e. The van der Waals surface area contributed by atoms with Gasteiger partial charge in [-0.1, -0.05) is 37.3 Å². The fourth-order valence-corrected chi connectivity index (χ4v) is 3.20. The van der Waals surface area contributed by atoms with E-state index in [4.69, 9.17) is 0 Å². The molecule has 6 heteroatoms. The highest BCUT2D eigenvalue weighted by Gasteiger charge is 2.27. The molecule has 3 rings (SSSR count). The van der Waals surface area contributed by atoms with Gasteiger partial charge in [0.05, 0.1) is 5.56 Å². The number of hydrogen-bond donors (Lipinski definition) is 2. The van der Waals surface area contributed by atoms with Crippen LogP contribution in [-0.2, 0) is 6.54 Å². The molecule has 0 atom stereocenters. The summed E-state index contributed by atoms with van der Waals surface area (Å²) in [6.07, 6.45) is 3.27. The van der Waals surface area contributed by atoms with E-state index < -0.39 is 11.5 Å². The van der Waals surface area contributed by atoms with Gasteiger partial charge in [-0.15, -0.1) is 0 Å². The van der Waals surface area contributed by atoms with Crippen LogP contribution in [0.2, 0.25) is 0 Å². The summed E-state index contributed by atoms with van der Waals surface area (Å²) < 4.78 is 0. The number of nitrogens with zero attached hydrogens (tertiary/aromatic N) is 1. The van der Waals surface area contributed by atoms with Crippen molar-refractivity contribution in [3.05, 3.63) is 69.6 Å². The number of carbonyl (C=O) groups excluding carboxylic acids is 2. The molecule has 6 nitrogen and oxygen atoms in total. The van der Waals surface area contributed by atoms with E-state index in [9.17, 15) is 14.4 Å². The van der Waals surface area contributed by atoms with Gasteiger partial charge in [0.2, 0.25) is 0 Å². The highest BCUT2D eigenvalue weighted by atomic mass is 16.2. The minimum atomic E-state index is -0.497. The van der Waals surface area contributed by atoms with Crippen molar-refractivity contribution in [2.45, 2.75) is 32.4 Å². The van der Waals surface area contributed by atoms with Crippen LogP contribution in [0.4, 0.5) is 0 Å². The molecule has 2 amide bonds. The Balaban J connectivity index is 1.73. The average molecular weight is 353 g/mol. The average Bonchev–Trinajstić information content (AvgIpc) is 2.61. The molecule has 1 fully saturated rings. The van der Waals surface area contributed by atoms with E-state index in [1.54, 1.807) is 7.05 Å². The lowest BCUT2D eigenvalue weighted by molar-refractivity contribution is 0.0783. The summed E-state index contributed by atoms with van der Waals surface area (Å²) in [4.78, 5) is 41.1. The molecule has 1 heterocycles. The fraction of sp³-hybridized carbons (Fsp3) is 0.350. The van der Waals surface area contributed by atoms with Crippen molar-refractivity contribution in [3.8, 4) is 0 Å². The van der Waals surface area contributed by atoms with Crippen LogP contribution in [0.15, 0.2) is 47.4 Å². The first-order valence-electron chi connectivity index (χ1n) is 8.77. The van der Waals surface area contributed by atoms with Crippen molar-refractivity contribution >= 4 is 11.8 Å². The lowest BCUT2D eigenvalue weighted by atomic mass is 9.82. The van der Waals surface area contributed by atoms with Gasteiger partial charge in [0.1, 0.15) is 5.56 Å². The van der Waals surface area contributed by atoms with Gasteiger partial charge in [0.15, 0.2) is 0 Å². The number of rotatable bonds is 5. The number of aromatic amines is 1. The zero-order valence-corrected chi connectivity index (χ0v) is 15.0. The molecule has 2 aromatic rings. The third-order valence-corrected chi connectivity index (χ3v) is 4.71. The summed E-state index contributed by atoms with van der Waals surface area (Å²) in [5.41, 5.74) is 0.732. The van der Waals surface area contributed by atoms with Crippen LogP contribution in [-0.4, -0.2) is 34.8 Å². The Hall–Kier alpha value is -2.89. The molecule has 1 aliphatic carbocycles. The monoisotopic (exact) mass is 353 g/mol. The Morgan fingerprint density at radius 3 is 2.58 bits per heavy atom. The van der Waals surface area contributed by atoms with E-state index in [2.05, 4.69) is 17.2 Å². The van der Waals surface area contributed by atoms with Crippen LogP contribution in [0, 0.1) is 5.92 Å². The van der Waals surface area contributed by atoms with Gasteiger partial charge in [-0.25, -0.2) is 0 Å². The highest BCUT2D eigenvalue weighted by Crippen LogP contribution is 2.26. The van der Waals surface area contributed by atoms with Gasteiger partial charge in [-0.3, -0.25) is 14.4 Å². The SMILES string of the molecule is CC1CC(NC(=O)c2c[nH]c(=O)c(C(=O)N(C)Cc3ccccc3)c2)C1. The van der Waals surface area contributed by atoms with Crippen LogP contribution in [0.5, 0.6) is 0 Å². The first-order chi connectivity index (χ1) is 12.4. The summed E-state index contributed by atoms with van der Waals surface area (Å²) in [5, 5.41) is 2.93. The van der Waals surface area contributed by atoms with Crippen molar-refractivity contribution in [1.29, 1.82) is 0 Å². The Morgan fingerprint density at radius 2 is 1.92 bits per heavy atom. The number of pyridine rings is 1. The highest BCUT2D eigenvalue weighted by molar-refractivity contribution is 5.99. The maximum atomic E-state index is 12.7. The van der Waals surface area contributed by atoms with Crippen molar-refractivity contribution < 1.29 is 9.59 Å². The predicted octanol–water partition coefficient (Wildman–Crippen LogP) is 2.18. The molecule has 1 saturated carbocycles. The third kappa shape index (κ3) is 4.02. The maximum Gasteiger partial charge on any atom is 0.260 e. The molecule has 26 heavy (non-hydrogen) atoms. The van der Waals surface area contributed by atoms with Gasteiger partial charge >= 0.3 is 0 Å². The topological polar surface area (TPSA) is 82.3 Å². The summed E-state index contributed by atoms with van der Waals surface area (Å²) >= 11 is 0. The lowest BCUT2D eigenvalue weighted by Crippen LogP contribution is -2.43. The maximum absolute atomic E-state index is 12.7. The first-order valence-corrected chi connectivity index (χ1v) is 8.77. The van der Waals surface area contributed by atoms with Gasteiger partial charge in [0.25, 0.3) is 17.4 Å². The summed E-state index contributed by atoms with van der Waals surface area (Å²) in [6, 6.07) is 11.1. The molecule has 0 aliphatic heterocycles. The lowest BCUT2D eigenvalue weighted by Gasteiger charge is -2.33. The predicted molar refractivity (Wildman–Crippen MR) is 99.0 cm³/mol. The number of aromatic nitrogens is 1. The second kappa shape index (κ2) is 7.56. The first kappa shape index (κ1) is 17.9. The van der Waals surface area contributed by atoms with Crippen LogP contribution in [0.1, 0.15) is 46.0 Å². The second-order valence-corrected chi connectivity index (χ2v) is 7.02. The standard InChI is InChI=1S/C20H23N3O3/c1-13-8-16(9-13)22-18(24)15-10-17(19(25)21-11-15)20(26)23(2)12-14-6-4-3-5-7-14/h3-7,10-11,13,16H,8-9,12H2,1-2H3,(H,21,25)(H,22,24). The molecule has 0 bridgehead atoms. The zero-order valence-electron chi connectivity index (χ0n) is 15.0. The quantitative estimate of drug-likeness (QED) is 0.864. The molecule has 1 aliphatic rings. The molecular formula is C20H23N3O3. The molecule has 136 valence electrons. The van der Waals surface area contributed by atoms with Gasteiger partial charge < -0.3 is 15.2 Å². The number of hydrogen-bond acceptors (Lipinski definition) is 3. The normalized spacial score (nSPS) is 18.7. The summed E-state index contributed by atoms with van der Waals surface area (Å²) in [7, 11) is 1.64. The minimum Gasteiger partial charge on any atom is -0.349 e. The van der Waals surface area contributed by atoms with Gasteiger partial charge in [0, 0.05) is 25.8 Å². The molecule has 1 aromatic heterocycles. The molecule has 0 unspecified atom stereocenters. The number of nitrogens with one attached hydrogen (secondary N) is 2. The van der Waals surface area contributed by atoms with E-state index in [1.807, 2.05) is 30.3 Å². The van der Waals surface area contributed by atoms with Gasteiger partial charge in [-0.05, 0) is 30.4 Å². The Bertz CT molecular complexity index is 854. The molecule has 2 N–H and O–H groups in total. The number of benzene rings is 1. The molecular weight excluding hydrogens is 330 g/mol. The zero-order chi connectivity index (χ0) is 18.7. The third-order valence-electron chi connectivity index (χ3n) is 4.71. The van der Waals surface area contributed by atoms with Crippen molar-refractivity contribution in [3.63, 3.8) is 0 Å². The Labute approximate surface area is 152 Å². The van der Waals surface area contributed by atoms with Crippen LogP contribution in [0.3, 0.4) is 0 Å². The van der Waals surface area contributed by atoms with Crippen molar-refractivity contribution in [2.24, 2.45) is 5.92 Å². The summed E-state index contributed by atoms with van der Waals surface area (Å²) in [6.45, 7) is 2.53. The van der Waals surface area contributed by atoms with Crippen LogP contribution >= 0.6 is 0 Å². The number of H-pyrrole nitrogens is 1. The molecule has 0 spiro atoms. The minimum absolute atomic E-state index is 0.0296. The van der Waals surface area contributed by atoms with E-state index in [-0.39, 0.29) is 17.5 Å². The van der Waals surface area contributed by atoms with Crippen LogP contribution < -0.4 is 10.9 Å². The van der Waals surface area contributed by atoms with E-state index in [0.29, 0.717) is 18.0 Å². The summed E-state index contributed by atoms with van der Waals surface area (Å²) in [5.74, 6) is -0.0559. The molecule has 0 saturated heterocycles. The van der Waals surface area contributed by atoms with E-state index in [1.165, 1.54) is 17.2 Å². The van der Waals surface area contributed by atoms with Crippen molar-refractivity contribution in [1.82, 2.24) is 15.2 Å². The van der Waals surface area contributed by atoms with Crippen molar-refractivity contribution in [2.75, 3.05) is 7.05 Å². The van der Waals surface area contributed by atoms with Crippen LogP contribution in [0.25, 0.3) is 0 Å². The van der Waals surface area contributed by atoms with E-state index in [0.717, 1.165) is 18.4 Å². The Morgan fingerprint density at radius 1 is 1.23 bits per heavy atom. The molecule has 1 aromatic carbocycles. The smallest absolute Gasteiger partial charge is 0.260 e.